The molecule has 0 saturated carbocycles. The lowest BCUT2D eigenvalue weighted by Gasteiger charge is -2.33. The molecule has 1 N–H and O–H groups in total. The third-order valence-electron chi connectivity index (χ3n) is 3.74. The van der Waals surface area contributed by atoms with E-state index >= 15 is 0 Å². The lowest BCUT2D eigenvalue weighted by Crippen LogP contribution is -2.44. The van der Waals surface area contributed by atoms with Gasteiger partial charge < -0.3 is 15.1 Å². The first-order valence-electron chi connectivity index (χ1n) is 7.34. The summed E-state index contributed by atoms with van der Waals surface area (Å²) in [7, 11) is 2.11. The number of aromatic nitrogens is 2. The van der Waals surface area contributed by atoms with Crippen molar-refractivity contribution in [2.24, 2.45) is 0 Å². The molecule has 2 aromatic rings. The predicted molar refractivity (Wildman–Crippen MR) is 86.1 cm³/mol. The quantitative estimate of drug-likeness (QED) is 0.930. The summed E-state index contributed by atoms with van der Waals surface area (Å²) >= 11 is 0. The molecule has 1 aromatic carbocycles. The Balaban J connectivity index is 1.72. The summed E-state index contributed by atoms with van der Waals surface area (Å²) in [5, 5.41) is 2.84. The number of benzene rings is 1. The van der Waals surface area contributed by atoms with E-state index in [2.05, 4.69) is 32.1 Å². The Kier molecular flexibility index (Phi) is 4.29. The molecule has 0 atom stereocenters. The summed E-state index contributed by atoms with van der Waals surface area (Å²) in [6.07, 6.45) is 1.45. The van der Waals surface area contributed by atoms with Crippen LogP contribution in [0.15, 0.2) is 42.7 Å². The standard InChI is InChI=1S/C16H19N5O/c1-20-7-9-21(10-8-20)15-11-14(17-12-18-15)16(22)19-13-5-3-2-4-6-13/h2-6,11-12H,7-10H2,1H3,(H,19,22). The lowest BCUT2D eigenvalue weighted by atomic mass is 10.3. The maximum atomic E-state index is 12.3. The van der Waals surface area contributed by atoms with E-state index in [1.165, 1.54) is 6.33 Å². The highest BCUT2D eigenvalue weighted by Crippen LogP contribution is 2.14. The summed E-state index contributed by atoms with van der Waals surface area (Å²) in [6.45, 7) is 3.81. The minimum absolute atomic E-state index is 0.219. The van der Waals surface area contributed by atoms with Crippen molar-refractivity contribution in [1.29, 1.82) is 0 Å². The second kappa shape index (κ2) is 6.53. The second-order valence-corrected chi connectivity index (χ2v) is 5.37. The van der Waals surface area contributed by atoms with Crippen molar-refractivity contribution in [3.05, 3.63) is 48.4 Å². The Morgan fingerprint density at radius 2 is 1.82 bits per heavy atom. The van der Waals surface area contributed by atoms with Crippen molar-refractivity contribution in [3.8, 4) is 0 Å². The van der Waals surface area contributed by atoms with Gasteiger partial charge in [-0.15, -0.1) is 0 Å². The molecule has 3 rings (SSSR count). The second-order valence-electron chi connectivity index (χ2n) is 5.37. The number of carbonyl (C=O) groups is 1. The van der Waals surface area contributed by atoms with E-state index in [0.29, 0.717) is 5.69 Å². The highest BCUT2D eigenvalue weighted by atomic mass is 16.1. The molecule has 1 aliphatic heterocycles. The van der Waals surface area contributed by atoms with E-state index in [-0.39, 0.29) is 5.91 Å². The number of rotatable bonds is 3. The highest BCUT2D eigenvalue weighted by Gasteiger charge is 2.17. The normalized spacial score (nSPS) is 15.6. The maximum Gasteiger partial charge on any atom is 0.274 e. The molecular weight excluding hydrogens is 278 g/mol. The van der Waals surface area contributed by atoms with Gasteiger partial charge >= 0.3 is 0 Å². The molecule has 22 heavy (non-hydrogen) atoms. The Labute approximate surface area is 129 Å². The number of para-hydroxylation sites is 1. The predicted octanol–water partition coefficient (Wildman–Crippen LogP) is 1.48. The van der Waals surface area contributed by atoms with Gasteiger partial charge in [-0.25, -0.2) is 9.97 Å². The van der Waals surface area contributed by atoms with Gasteiger partial charge in [0.1, 0.15) is 17.8 Å². The first-order valence-corrected chi connectivity index (χ1v) is 7.34. The van der Waals surface area contributed by atoms with Crippen LogP contribution in [0, 0.1) is 0 Å². The summed E-state index contributed by atoms with van der Waals surface area (Å²) in [4.78, 5) is 25.1. The molecule has 0 bridgehead atoms. The van der Waals surface area contributed by atoms with Gasteiger partial charge in [0.25, 0.3) is 5.91 Å². The van der Waals surface area contributed by atoms with Gasteiger partial charge in [-0.1, -0.05) is 18.2 Å². The van der Waals surface area contributed by atoms with Crippen LogP contribution < -0.4 is 10.2 Å². The van der Waals surface area contributed by atoms with Crippen molar-refractivity contribution < 1.29 is 4.79 Å². The molecule has 0 spiro atoms. The number of anilines is 2. The summed E-state index contributed by atoms with van der Waals surface area (Å²) in [5.41, 5.74) is 1.14. The zero-order valence-corrected chi connectivity index (χ0v) is 12.6. The number of nitrogens with zero attached hydrogens (tertiary/aromatic N) is 4. The summed E-state index contributed by atoms with van der Waals surface area (Å²) < 4.78 is 0. The largest absolute Gasteiger partial charge is 0.354 e. The Hall–Kier alpha value is -2.47. The Morgan fingerprint density at radius 1 is 1.09 bits per heavy atom. The van der Waals surface area contributed by atoms with Crippen molar-refractivity contribution in [3.63, 3.8) is 0 Å². The van der Waals surface area contributed by atoms with Crippen molar-refractivity contribution in [1.82, 2.24) is 14.9 Å². The third-order valence-corrected chi connectivity index (χ3v) is 3.74. The van der Waals surface area contributed by atoms with E-state index < -0.39 is 0 Å². The van der Waals surface area contributed by atoms with Crippen LogP contribution in [0.25, 0.3) is 0 Å². The number of piperazine rings is 1. The Morgan fingerprint density at radius 3 is 2.55 bits per heavy atom. The number of carbonyl (C=O) groups excluding carboxylic acids is 1. The first-order chi connectivity index (χ1) is 10.7. The molecule has 0 radical (unpaired) electrons. The maximum absolute atomic E-state index is 12.3. The van der Waals surface area contributed by atoms with Crippen molar-refractivity contribution in [2.45, 2.75) is 0 Å². The van der Waals surface area contributed by atoms with Gasteiger partial charge in [-0.2, -0.15) is 0 Å². The number of amides is 1. The van der Waals surface area contributed by atoms with E-state index in [1.54, 1.807) is 6.07 Å². The smallest absolute Gasteiger partial charge is 0.274 e. The summed E-state index contributed by atoms with van der Waals surface area (Å²) in [5.74, 6) is 0.588. The fraction of sp³-hybridized carbons (Fsp3) is 0.312. The van der Waals surface area contributed by atoms with Crippen LogP contribution in [0.1, 0.15) is 10.5 Å². The van der Waals surface area contributed by atoms with Crippen molar-refractivity contribution in [2.75, 3.05) is 43.4 Å². The van der Waals surface area contributed by atoms with Crippen LogP contribution in [0.2, 0.25) is 0 Å². The zero-order chi connectivity index (χ0) is 15.4. The first kappa shape index (κ1) is 14.5. The van der Waals surface area contributed by atoms with E-state index in [9.17, 15) is 4.79 Å². The van der Waals surface area contributed by atoms with Crippen molar-refractivity contribution >= 4 is 17.4 Å². The van der Waals surface area contributed by atoms with Crippen LogP contribution >= 0.6 is 0 Å². The fourth-order valence-electron chi connectivity index (χ4n) is 2.40. The molecule has 1 aromatic heterocycles. The number of nitrogens with one attached hydrogen (secondary N) is 1. The zero-order valence-electron chi connectivity index (χ0n) is 12.6. The van der Waals surface area contributed by atoms with E-state index in [0.717, 1.165) is 37.7 Å². The molecule has 6 heteroatoms. The molecule has 1 aliphatic rings. The van der Waals surface area contributed by atoms with Crippen LogP contribution in [-0.2, 0) is 0 Å². The topological polar surface area (TPSA) is 61.4 Å². The Bertz CT molecular complexity index is 638. The van der Waals surface area contributed by atoms with Gasteiger partial charge in [0, 0.05) is 37.9 Å². The molecule has 6 nitrogen and oxygen atoms in total. The molecule has 2 heterocycles. The van der Waals surface area contributed by atoms with Crippen LogP contribution in [0.5, 0.6) is 0 Å². The number of hydrogen-bond acceptors (Lipinski definition) is 5. The number of hydrogen-bond donors (Lipinski definition) is 1. The minimum atomic E-state index is -0.219. The van der Waals surface area contributed by atoms with Crippen LogP contribution in [0.3, 0.4) is 0 Å². The molecular formula is C16H19N5O. The monoisotopic (exact) mass is 297 g/mol. The average Bonchev–Trinajstić information content (AvgIpc) is 2.56. The number of likely N-dealkylation sites (N-methyl/N-ethyl adjacent to an activating group) is 1. The lowest BCUT2D eigenvalue weighted by molar-refractivity contribution is 0.102. The third kappa shape index (κ3) is 3.40. The van der Waals surface area contributed by atoms with Gasteiger partial charge in [-0.05, 0) is 19.2 Å². The fourth-order valence-corrected chi connectivity index (χ4v) is 2.40. The molecule has 1 saturated heterocycles. The van der Waals surface area contributed by atoms with Crippen LogP contribution in [0.4, 0.5) is 11.5 Å². The molecule has 1 fully saturated rings. The highest BCUT2D eigenvalue weighted by molar-refractivity contribution is 6.03. The van der Waals surface area contributed by atoms with Gasteiger partial charge in [-0.3, -0.25) is 4.79 Å². The minimum Gasteiger partial charge on any atom is -0.354 e. The summed E-state index contributed by atoms with van der Waals surface area (Å²) in [6, 6.07) is 11.1. The van der Waals surface area contributed by atoms with E-state index in [1.807, 2.05) is 30.3 Å². The SMILES string of the molecule is CN1CCN(c2cc(C(=O)Nc3ccccc3)ncn2)CC1. The van der Waals surface area contributed by atoms with E-state index in [4.69, 9.17) is 0 Å². The van der Waals surface area contributed by atoms with Gasteiger partial charge in [0.05, 0.1) is 0 Å². The average molecular weight is 297 g/mol. The molecule has 0 unspecified atom stereocenters. The molecule has 0 aliphatic carbocycles. The van der Waals surface area contributed by atoms with Gasteiger partial charge in [0.15, 0.2) is 0 Å². The molecule has 1 amide bonds. The molecule has 114 valence electrons. The van der Waals surface area contributed by atoms with Crippen LogP contribution in [-0.4, -0.2) is 54.0 Å². The van der Waals surface area contributed by atoms with Gasteiger partial charge in [0.2, 0.25) is 0 Å².